The molecule has 0 radical (unpaired) electrons. The van der Waals surface area contributed by atoms with Crippen molar-refractivity contribution in [2.24, 2.45) is 11.8 Å². The highest BCUT2D eigenvalue weighted by molar-refractivity contribution is 6.37. The molecule has 2 saturated carbocycles. The lowest BCUT2D eigenvalue weighted by atomic mass is 9.88. The van der Waals surface area contributed by atoms with Crippen molar-refractivity contribution >= 4 is 9.52 Å². The van der Waals surface area contributed by atoms with E-state index in [4.69, 9.17) is 9.47 Å². The fraction of sp³-hybridized carbons (Fsp3) is 1.00. The average molecular weight is 282 g/mol. The minimum atomic E-state index is -0.153. The van der Waals surface area contributed by atoms with E-state index in [-0.39, 0.29) is 9.52 Å². The summed E-state index contributed by atoms with van der Waals surface area (Å²) >= 11 is 0. The first-order valence-corrected chi connectivity index (χ1v) is 10.5. The summed E-state index contributed by atoms with van der Waals surface area (Å²) in [5.74, 6) is 1.78. The third-order valence-corrected chi connectivity index (χ3v) is 7.26. The number of hydrogen-bond donors (Lipinski definition) is 0. The van der Waals surface area contributed by atoms with E-state index in [1.54, 1.807) is 0 Å². The van der Waals surface area contributed by atoms with Crippen LogP contribution in [0.1, 0.15) is 64.2 Å². The van der Waals surface area contributed by atoms with Gasteiger partial charge in [0.05, 0.1) is 15.6 Å². The van der Waals surface area contributed by atoms with Gasteiger partial charge in [-0.25, -0.2) is 0 Å². The normalized spacial score (nSPS) is 30.5. The van der Waals surface area contributed by atoms with Crippen LogP contribution in [0.4, 0.5) is 0 Å². The molecule has 1 atom stereocenters. The van der Waals surface area contributed by atoms with Crippen molar-refractivity contribution in [1.29, 1.82) is 0 Å². The zero-order valence-corrected chi connectivity index (χ0v) is 13.7. The summed E-state index contributed by atoms with van der Waals surface area (Å²) in [7, 11) is -0.153. The molecular formula is C16H30O2Si. The van der Waals surface area contributed by atoms with Crippen LogP contribution in [-0.2, 0) is 9.47 Å². The molecule has 0 aromatic heterocycles. The molecule has 1 unspecified atom stereocenters. The van der Waals surface area contributed by atoms with Crippen molar-refractivity contribution in [1.82, 2.24) is 0 Å². The smallest absolute Gasteiger partial charge is 0.0861 e. The van der Waals surface area contributed by atoms with E-state index < -0.39 is 0 Å². The molecule has 3 heteroatoms. The highest BCUT2D eigenvalue weighted by atomic mass is 28.2. The molecule has 1 heterocycles. The third-order valence-electron chi connectivity index (χ3n) is 5.50. The van der Waals surface area contributed by atoms with Crippen molar-refractivity contribution in [3.63, 3.8) is 0 Å². The monoisotopic (exact) mass is 282 g/mol. The van der Waals surface area contributed by atoms with Gasteiger partial charge in [-0.1, -0.05) is 25.7 Å². The van der Waals surface area contributed by atoms with Crippen LogP contribution >= 0.6 is 0 Å². The topological polar surface area (TPSA) is 18.5 Å². The lowest BCUT2D eigenvalue weighted by Gasteiger charge is -2.29. The second kappa shape index (κ2) is 7.23. The maximum absolute atomic E-state index is 6.45. The molecule has 3 rings (SSSR count). The van der Waals surface area contributed by atoms with Crippen molar-refractivity contribution in [3.8, 4) is 0 Å². The summed E-state index contributed by atoms with van der Waals surface area (Å²) in [6.45, 7) is 1.01. The maximum Gasteiger partial charge on any atom is 0.0861 e. The van der Waals surface area contributed by atoms with Gasteiger partial charge in [0.15, 0.2) is 0 Å². The largest absolute Gasteiger partial charge is 0.382 e. The Hall–Kier alpha value is 0.137. The Morgan fingerprint density at radius 3 is 2.05 bits per heavy atom. The zero-order chi connectivity index (χ0) is 12.9. The molecule has 110 valence electrons. The number of hydrogen-bond acceptors (Lipinski definition) is 2. The van der Waals surface area contributed by atoms with Crippen molar-refractivity contribution < 1.29 is 9.47 Å². The molecule has 0 spiro atoms. The van der Waals surface area contributed by atoms with Crippen LogP contribution in [0.15, 0.2) is 0 Å². The Morgan fingerprint density at radius 1 is 0.895 bits per heavy atom. The lowest BCUT2D eigenvalue weighted by Crippen LogP contribution is -2.33. The van der Waals surface area contributed by atoms with E-state index in [1.807, 2.05) is 0 Å². The van der Waals surface area contributed by atoms with Gasteiger partial charge < -0.3 is 9.47 Å². The van der Waals surface area contributed by atoms with Crippen LogP contribution in [-0.4, -0.2) is 34.2 Å². The van der Waals surface area contributed by atoms with Gasteiger partial charge >= 0.3 is 0 Å². The van der Waals surface area contributed by atoms with E-state index in [0.717, 1.165) is 24.7 Å². The molecule has 0 bridgehead atoms. The van der Waals surface area contributed by atoms with E-state index in [2.05, 4.69) is 0 Å². The molecule has 3 fully saturated rings. The summed E-state index contributed by atoms with van der Waals surface area (Å²) in [6, 6.07) is 0. The van der Waals surface area contributed by atoms with Crippen molar-refractivity contribution in [2.75, 3.05) is 12.8 Å². The molecule has 2 aliphatic carbocycles. The van der Waals surface area contributed by atoms with Gasteiger partial charge in [-0.15, -0.1) is 0 Å². The highest BCUT2D eigenvalue weighted by Gasteiger charge is 2.34. The molecule has 0 aromatic carbocycles. The zero-order valence-electron chi connectivity index (χ0n) is 12.3. The van der Waals surface area contributed by atoms with Crippen LogP contribution in [0.2, 0.25) is 0 Å². The summed E-state index contributed by atoms with van der Waals surface area (Å²) in [5.41, 5.74) is 0.632. The first-order chi connectivity index (χ1) is 9.43. The quantitative estimate of drug-likeness (QED) is 0.697. The second-order valence-electron chi connectivity index (χ2n) is 6.85. The van der Waals surface area contributed by atoms with Gasteiger partial charge in [-0.3, -0.25) is 0 Å². The molecule has 2 nitrogen and oxygen atoms in total. The molecule has 1 aliphatic heterocycles. The minimum Gasteiger partial charge on any atom is -0.382 e. The summed E-state index contributed by atoms with van der Waals surface area (Å²) < 4.78 is 12.2. The fourth-order valence-electron chi connectivity index (χ4n) is 4.44. The molecular weight excluding hydrogens is 252 g/mol. The standard InChI is InChI=1S/C16H30O2Si/c1-2-7-13(6-1)16(14-8-3-4-9-14)18-12-19-15-10-5-11-17-15/h13-16H,1-12,19H2. The molecule has 0 N–H and O–H groups in total. The predicted octanol–water partition coefficient (Wildman–Crippen LogP) is 3.01. The number of ether oxygens (including phenoxy) is 2. The number of rotatable bonds is 6. The van der Waals surface area contributed by atoms with Crippen molar-refractivity contribution in [3.05, 3.63) is 0 Å². The predicted molar refractivity (Wildman–Crippen MR) is 81.2 cm³/mol. The summed E-state index contributed by atoms with van der Waals surface area (Å²) in [6.07, 6.45) is 15.8. The average Bonchev–Trinajstić information content (AvgIpc) is 3.15. The fourth-order valence-corrected chi connectivity index (χ4v) is 6.02. The molecule has 3 aliphatic rings. The second-order valence-corrected chi connectivity index (χ2v) is 8.74. The van der Waals surface area contributed by atoms with Crippen LogP contribution < -0.4 is 0 Å². The molecule has 0 aromatic rings. The van der Waals surface area contributed by atoms with E-state index >= 15 is 0 Å². The van der Waals surface area contributed by atoms with Crippen LogP contribution in [0.3, 0.4) is 0 Å². The Bertz CT molecular complexity index is 237. The third kappa shape index (κ3) is 3.83. The molecule has 0 amide bonds. The Kier molecular flexibility index (Phi) is 5.36. The first-order valence-electron chi connectivity index (χ1n) is 8.66. The Morgan fingerprint density at radius 2 is 1.53 bits per heavy atom. The highest BCUT2D eigenvalue weighted by Crippen LogP contribution is 2.39. The van der Waals surface area contributed by atoms with E-state index in [9.17, 15) is 0 Å². The van der Waals surface area contributed by atoms with Gasteiger partial charge in [0, 0.05) is 18.6 Å². The Balaban J connectivity index is 1.46. The summed E-state index contributed by atoms with van der Waals surface area (Å²) in [4.78, 5) is 0. The lowest BCUT2D eigenvalue weighted by molar-refractivity contribution is -0.00368. The maximum atomic E-state index is 6.45. The molecule has 1 saturated heterocycles. The SMILES string of the molecule is C1COC([SiH2]COC(C2CCCC2)C2CCCC2)C1. The van der Waals surface area contributed by atoms with Gasteiger partial charge in [0.1, 0.15) is 0 Å². The van der Waals surface area contributed by atoms with Crippen LogP contribution in [0.25, 0.3) is 0 Å². The van der Waals surface area contributed by atoms with Gasteiger partial charge in [0.25, 0.3) is 0 Å². The van der Waals surface area contributed by atoms with Gasteiger partial charge in [0.2, 0.25) is 0 Å². The van der Waals surface area contributed by atoms with Crippen LogP contribution in [0.5, 0.6) is 0 Å². The first kappa shape index (κ1) is 14.1. The summed E-state index contributed by atoms with van der Waals surface area (Å²) in [5, 5.41) is 0. The van der Waals surface area contributed by atoms with Gasteiger partial charge in [-0.05, 0) is 50.4 Å². The van der Waals surface area contributed by atoms with E-state index in [0.29, 0.717) is 11.8 Å². The molecule has 19 heavy (non-hydrogen) atoms. The minimum absolute atomic E-state index is 0.153. The van der Waals surface area contributed by atoms with Crippen LogP contribution in [0, 0.1) is 11.8 Å². The van der Waals surface area contributed by atoms with Gasteiger partial charge in [-0.2, -0.15) is 0 Å². The Labute approximate surface area is 120 Å². The van der Waals surface area contributed by atoms with Crippen molar-refractivity contribution in [2.45, 2.75) is 76.0 Å². The van der Waals surface area contributed by atoms with E-state index in [1.165, 1.54) is 64.2 Å².